The number of hydrogen-bond donors (Lipinski definition) is 0. The Morgan fingerprint density at radius 2 is 1.84 bits per heavy atom. The first-order valence-electron chi connectivity index (χ1n) is 9.63. The zero-order chi connectivity index (χ0) is 21.8. The number of hydrazone groups is 1. The maximum Gasteiger partial charge on any atom is 0.280 e. The number of carbonyl (C=O) groups excluding carboxylic acids is 1. The Morgan fingerprint density at radius 1 is 1.10 bits per heavy atom. The van der Waals surface area contributed by atoms with Gasteiger partial charge in [-0.2, -0.15) is 10.1 Å². The van der Waals surface area contributed by atoms with Crippen molar-refractivity contribution in [3.8, 4) is 11.5 Å². The molecular weight excluding hydrogens is 458 g/mol. The minimum atomic E-state index is -0.170. The summed E-state index contributed by atoms with van der Waals surface area (Å²) >= 11 is 3.57. The number of anilines is 1. The summed E-state index contributed by atoms with van der Waals surface area (Å²) in [6.45, 7) is 2.21. The van der Waals surface area contributed by atoms with Crippen LogP contribution in [0.5, 0.6) is 11.5 Å². The molecule has 6 nitrogen and oxygen atoms in total. The Balaban J connectivity index is 1.60. The third kappa shape index (κ3) is 4.51. The normalized spacial score (nSPS) is 14.7. The highest BCUT2D eigenvalue weighted by atomic mass is 79.9. The molecule has 7 heteroatoms. The van der Waals surface area contributed by atoms with E-state index in [1.165, 1.54) is 5.01 Å². The van der Waals surface area contributed by atoms with E-state index in [9.17, 15) is 4.79 Å². The van der Waals surface area contributed by atoms with Gasteiger partial charge in [-0.05, 0) is 76.5 Å². The Hall–Kier alpha value is -3.45. The molecule has 0 N–H and O–H groups in total. The van der Waals surface area contributed by atoms with Gasteiger partial charge in [-0.15, -0.1) is 0 Å². The lowest BCUT2D eigenvalue weighted by atomic mass is 10.1. The highest BCUT2D eigenvalue weighted by molar-refractivity contribution is 9.10. The van der Waals surface area contributed by atoms with Gasteiger partial charge in [0.05, 0.1) is 28.6 Å². The van der Waals surface area contributed by atoms with Crippen LogP contribution in [0.15, 0.2) is 82.1 Å². The Labute approximate surface area is 189 Å². The van der Waals surface area contributed by atoms with Gasteiger partial charge in [0.2, 0.25) is 0 Å². The maximum atomic E-state index is 13.0. The minimum absolute atomic E-state index is 0.170. The predicted octanol–water partition coefficient (Wildman–Crippen LogP) is 5.24. The number of hydrogen-bond acceptors (Lipinski definition) is 5. The fraction of sp³-hybridized carbons (Fsp3) is 0.125. The fourth-order valence-corrected chi connectivity index (χ4v) is 3.77. The molecule has 31 heavy (non-hydrogen) atoms. The molecule has 0 saturated carbocycles. The molecule has 1 aliphatic heterocycles. The van der Waals surface area contributed by atoms with Crippen LogP contribution in [0.4, 0.5) is 5.69 Å². The van der Waals surface area contributed by atoms with Crippen LogP contribution in [0.25, 0.3) is 6.08 Å². The molecule has 0 fully saturated rings. The first kappa shape index (κ1) is 20.8. The number of carbonyl (C=O) groups is 1. The molecule has 0 unspecified atom stereocenters. The van der Waals surface area contributed by atoms with Crippen LogP contribution < -0.4 is 14.5 Å². The number of methoxy groups -OCH3 is 1. The van der Waals surface area contributed by atoms with E-state index in [1.54, 1.807) is 19.5 Å². The van der Waals surface area contributed by atoms with E-state index in [1.807, 2.05) is 67.6 Å². The minimum Gasteiger partial charge on any atom is -0.493 e. The lowest BCUT2D eigenvalue weighted by Gasteiger charge is -2.14. The number of para-hydroxylation sites is 1. The fourth-order valence-electron chi connectivity index (χ4n) is 3.19. The Kier molecular flexibility index (Phi) is 6.13. The molecule has 0 spiro atoms. The van der Waals surface area contributed by atoms with Crippen LogP contribution in [0, 0.1) is 0 Å². The van der Waals surface area contributed by atoms with Crippen LogP contribution in [-0.2, 0) is 11.4 Å². The van der Waals surface area contributed by atoms with Gasteiger partial charge in [-0.1, -0.05) is 18.2 Å². The highest BCUT2D eigenvalue weighted by Crippen LogP contribution is 2.38. The van der Waals surface area contributed by atoms with E-state index in [0.717, 1.165) is 21.3 Å². The van der Waals surface area contributed by atoms with Crippen molar-refractivity contribution < 1.29 is 14.3 Å². The SMILES string of the molecule is COc1cc(/C=C2/C(=O)N(c3ccccc3)N=C2C)cc(Br)c1OCc1ccncc1. The number of benzene rings is 2. The van der Waals surface area contributed by atoms with Gasteiger partial charge < -0.3 is 9.47 Å². The molecule has 3 aromatic rings. The van der Waals surface area contributed by atoms with E-state index >= 15 is 0 Å². The third-order valence-corrected chi connectivity index (χ3v) is 5.35. The number of pyridine rings is 1. The Bertz CT molecular complexity index is 1160. The summed E-state index contributed by atoms with van der Waals surface area (Å²) in [7, 11) is 1.59. The lowest BCUT2D eigenvalue weighted by Crippen LogP contribution is -2.21. The molecule has 0 atom stereocenters. The van der Waals surface area contributed by atoms with Gasteiger partial charge in [-0.3, -0.25) is 9.78 Å². The second kappa shape index (κ2) is 9.14. The molecule has 4 rings (SSSR count). The molecular formula is C24H20BrN3O3. The number of nitrogens with zero attached hydrogens (tertiary/aromatic N) is 3. The number of amides is 1. The molecule has 1 aliphatic rings. The number of ether oxygens (including phenoxy) is 2. The summed E-state index contributed by atoms with van der Waals surface area (Å²) in [5, 5.41) is 5.84. The van der Waals surface area contributed by atoms with E-state index in [2.05, 4.69) is 26.0 Å². The van der Waals surface area contributed by atoms with Crippen molar-refractivity contribution in [3.05, 3.63) is 88.2 Å². The van der Waals surface area contributed by atoms with Crippen molar-refractivity contribution in [2.75, 3.05) is 12.1 Å². The summed E-state index contributed by atoms with van der Waals surface area (Å²) < 4.78 is 12.2. The number of rotatable bonds is 6. The van der Waals surface area contributed by atoms with Crippen molar-refractivity contribution in [2.45, 2.75) is 13.5 Å². The molecule has 0 aliphatic carbocycles. The van der Waals surface area contributed by atoms with Crippen LogP contribution >= 0.6 is 15.9 Å². The Morgan fingerprint density at radius 3 is 2.55 bits per heavy atom. The smallest absolute Gasteiger partial charge is 0.280 e. The molecule has 0 radical (unpaired) electrons. The average molecular weight is 478 g/mol. The molecule has 0 saturated heterocycles. The van der Waals surface area contributed by atoms with Crippen molar-refractivity contribution in [1.82, 2.24) is 4.98 Å². The maximum absolute atomic E-state index is 13.0. The van der Waals surface area contributed by atoms with Gasteiger partial charge >= 0.3 is 0 Å². The summed E-state index contributed by atoms with van der Waals surface area (Å²) in [6.07, 6.45) is 5.26. The quantitative estimate of drug-likeness (QED) is 0.455. The lowest BCUT2D eigenvalue weighted by molar-refractivity contribution is -0.114. The first-order chi connectivity index (χ1) is 15.1. The number of halogens is 1. The zero-order valence-electron chi connectivity index (χ0n) is 17.1. The third-order valence-electron chi connectivity index (χ3n) is 4.76. The van der Waals surface area contributed by atoms with E-state index in [0.29, 0.717) is 29.4 Å². The largest absolute Gasteiger partial charge is 0.493 e. The summed E-state index contributed by atoms with van der Waals surface area (Å²) in [5.41, 5.74) is 3.71. The molecule has 2 aromatic carbocycles. The van der Waals surface area contributed by atoms with Crippen LogP contribution in [0.1, 0.15) is 18.1 Å². The first-order valence-corrected chi connectivity index (χ1v) is 10.4. The van der Waals surface area contributed by atoms with Crippen LogP contribution in [0.2, 0.25) is 0 Å². The van der Waals surface area contributed by atoms with Crippen LogP contribution in [-0.4, -0.2) is 23.7 Å². The van der Waals surface area contributed by atoms with Gasteiger partial charge in [0.1, 0.15) is 6.61 Å². The second-order valence-electron chi connectivity index (χ2n) is 6.87. The molecule has 1 amide bonds. The van der Waals surface area contributed by atoms with Crippen molar-refractivity contribution >= 4 is 39.3 Å². The predicted molar refractivity (Wildman–Crippen MR) is 124 cm³/mol. The van der Waals surface area contributed by atoms with Crippen molar-refractivity contribution in [1.29, 1.82) is 0 Å². The zero-order valence-corrected chi connectivity index (χ0v) is 18.7. The summed E-state index contributed by atoms with van der Waals surface area (Å²) in [4.78, 5) is 17.0. The standard InChI is InChI=1S/C24H20BrN3O3/c1-16-20(24(29)28(27-16)19-6-4-3-5-7-19)12-18-13-21(25)23(22(14-18)30-2)31-15-17-8-10-26-11-9-17/h3-14H,15H2,1-2H3/b20-12+. The highest BCUT2D eigenvalue weighted by Gasteiger charge is 2.28. The summed E-state index contributed by atoms with van der Waals surface area (Å²) in [5.74, 6) is 0.988. The number of aromatic nitrogens is 1. The van der Waals surface area contributed by atoms with E-state index in [4.69, 9.17) is 9.47 Å². The van der Waals surface area contributed by atoms with Crippen LogP contribution in [0.3, 0.4) is 0 Å². The topological polar surface area (TPSA) is 64.0 Å². The second-order valence-corrected chi connectivity index (χ2v) is 7.73. The average Bonchev–Trinajstić information content (AvgIpc) is 3.07. The van der Waals surface area contributed by atoms with Gasteiger partial charge in [0.25, 0.3) is 5.91 Å². The van der Waals surface area contributed by atoms with Crippen molar-refractivity contribution in [2.24, 2.45) is 5.10 Å². The van der Waals surface area contributed by atoms with Gasteiger partial charge in [0.15, 0.2) is 11.5 Å². The molecule has 2 heterocycles. The van der Waals surface area contributed by atoms with E-state index in [-0.39, 0.29) is 5.91 Å². The summed E-state index contributed by atoms with van der Waals surface area (Å²) in [6, 6.07) is 16.9. The molecule has 156 valence electrons. The van der Waals surface area contributed by atoms with Gasteiger partial charge in [-0.25, -0.2) is 0 Å². The van der Waals surface area contributed by atoms with Crippen molar-refractivity contribution in [3.63, 3.8) is 0 Å². The molecule has 0 bridgehead atoms. The van der Waals surface area contributed by atoms with E-state index < -0.39 is 0 Å². The monoisotopic (exact) mass is 477 g/mol. The van der Waals surface area contributed by atoms with Gasteiger partial charge in [0, 0.05) is 12.4 Å². The molecule has 1 aromatic heterocycles.